The van der Waals surface area contributed by atoms with Crippen LogP contribution >= 0.6 is 0 Å². The molecule has 0 saturated carbocycles. The Labute approximate surface area is 97.1 Å². The van der Waals surface area contributed by atoms with E-state index in [9.17, 15) is 9.18 Å². The molecule has 0 spiro atoms. The molecule has 0 saturated heterocycles. The van der Waals surface area contributed by atoms with Gasteiger partial charge in [-0.15, -0.1) is 10.2 Å². The van der Waals surface area contributed by atoms with Crippen LogP contribution in [0.25, 0.3) is 11.3 Å². The van der Waals surface area contributed by atoms with Crippen molar-refractivity contribution in [2.75, 3.05) is 0 Å². The van der Waals surface area contributed by atoms with Crippen molar-refractivity contribution in [1.82, 2.24) is 10.2 Å². The molecule has 0 unspecified atom stereocenters. The van der Waals surface area contributed by atoms with Crippen molar-refractivity contribution >= 4 is 5.97 Å². The Hall–Kier alpha value is -2.30. The molecule has 17 heavy (non-hydrogen) atoms. The molecule has 86 valence electrons. The first-order valence-corrected chi connectivity index (χ1v) is 4.93. The fraction of sp³-hybridized carbons (Fsp3) is 0.0833. The van der Waals surface area contributed by atoms with Crippen LogP contribution in [-0.2, 0) is 4.79 Å². The largest absolute Gasteiger partial charge is 0.406 e. The fourth-order valence-corrected chi connectivity index (χ4v) is 1.30. The summed E-state index contributed by atoms with van der Waals surface area (Å²) in [6.07, 6.45) is 0. The van der Waals surface area contributed by atoms with E-state index >= 15 is 0 Å². The molecule has 4 nitrogen and oxygen atoms in total. The number of carbonyl (C=O) groups excluding carboxylic acids is 1. The molecule has 0 amide bonds. The number of rotatable bonds is 2. The summed E-state index contributed by atoms with van der Waals surface area (Å²) in [5, 5.41) is 7.61. The Morgan fingerprint density at radius 2 is 1.82 bits per heavy atom. The zero-order valence-electron chi connectivity index (χ0n) is 9.05. The number of hydrogen-bond donors (Lipinski definition) is 0. The van der Waals surface area contributed by atoms with Crippen molar-refractivity contribution in [3.63, 3.8) is 0 Å². The van der Waals surface area contributed by atoms with Crippen molar-refractivity contribution in [3.05, 3.63) is 42.2 Å². The molecule has 0 N–H and O–H groups in total. The molecule has 0 atom stereocenters. The highest BCUT2D eigenvalue weighted by Crippen LogP contribution is 2.17. The zero-order valence-corrected chi connectivity index (χ0v) is 9.05. The highest BCUT2D eigenvalue weighted by molar-refractivity contribution is 5.68. The van der Waals surface area contributed by atoms with E-state index in [0.717, 1.165) is 5.56 Å². The third-order valence-electron chi connectivity index (χ3n) is 2.03. The number of carbonyl (C=O) groups is 1. The van der Waals surface area contributed by atoms with Gasteiger partial charge in [-0.25, -0.2) is 4.39 Å². The highest BCUT2D eigenvalue weighted by Gasteiger charge is 2.03. The summed E-state index contributed by atoms with van der Waals surface area (Å²) >= 11 is 0. The lowest BCUT2D eigenvalue weighted by atomic mass is 10.1. The van der Waals surface area contributed by atoms with Crippen LogP contribution in [0.4, 0.5) is 4.39 Å². The van der Waals surface area contributed by atoms with E-state index in [4.69, 9.17) is 4.74 Å². The highest BCUT2D eigenvalue weighted by atomic mass is 19.1. The van der Waals surface area contributed by atoms with Crippen molar-refractivity contribution in [2.45, 2.75) is 6.92 Å². The summed E-state index contributed by atoms with van der Waals surface area (Å²) in [6.45, 7) is 1.29. The molecule has 5 heteroatoms. The molecular weight excluding hydrogens is 223 g/mol. The minimum atomic E-state index is -0.450. The molecule has 0 aliphatic heterocycles. The molecule has 1 aromatic heterocycles. The Kier molecular flexibility index (Phi) is 3.09. The number of hydrogen-bond acceptors (Lipinski definition) is 4. The second-order valence-electron chi connectivity index (χ2n) is 3.36. The first kappa shape index (κ1) is 11.2. The van der Waals surface area contributed by atoms with Crippen LogP contribution in [0.15, 0.2) is 36.4 Å². The van der Waals surface area contributed by atoms with Gasteiger partial charge in [-0.1, -0.05) is 0 Å². The van der Waals surface area contributed by atoms with Gasteiger partial charge in [-0.2, -0.15) is 0 Å². The number of nitrogens with zero attached hydrogens (tertiary/aromatic N) is 2. The third-order valence-corrected chi connectivity index (χ3v) is 2.03. The molecule has 2 rings (SSSR count). The lowest BCUT2D eigenvalue weighted by Crippen LogP contribution is -2.03. The maximum Gasteiger partial charge on any atom is 0.309 e. The van der Waals surface area contributed by atoms with Crippen molar-refractivity contribution < 1.29 is 13.9 Å². The molecular formula is C12H9FN2O2. The average Bonchev–Trinajstić information content (AvgIpc) is 2.30. The quantitative estimate of drug-likeness (QED) is 0.745. The van der Waals surface area contributed by atoms with Crippen molar-refractivity contribution in [2.24, 2.45) is 0 Å². The van der Waals surface area contributed by atoms with E-state index in [0.29, 0.717) is 5.69 Å². The van der Waals surface area contributed by atoms with Gasteiger partial charge in [0.25, 0.3) is 0 Å². The van der Waals surface area contributed by atoms with Gasteiger partial charge in [0, 0.05) is 18.6 Å². The van der Waals surface area contributed by atoms with E-state index in [1.165, 1.54) is 25.1 Å². The van der Waals surface area contributed by atoms with Crippen LogP contribution in [0.1, 0.15) is 6.92 Å². The fourth-order valence-electron chi connectivity index (χ4n) is 1.30. The second-order valence-corrected chi connectivity index (χ2v) is 3.36. The normalized spacial score (nSPS) is 10.0. The molecule has 0 bridgehead atoms. The lowest BCUT2D eigenvalue weighted by molar-refractivity contribution is -0.132. The number of aromatic nitrogens is 2. The van der Waals surface area contributed by atoms with Crippen molar-refractivity contribution in [1.29, 1.82) is 0 Å². The average molecular weight is 232 g/mol. The predicted octanol–water partition coefficient (Wildman–Crippen LogP) is 2.21. The van der Waals surface area contributed by atoms with Crippen LogP contribution in [-0.4, -0.2) is 16.2 Å². The number of ether oxygens (including phenoxy) is 1. The van der Waals surface area contributed by atoms with E-state index < -0.39 is 5.97 Å². The smallest absolute Gasteiger partial charge is 0.309 e. The molecule has 1 heterocycles. The Bertz CT molecular complexity index is 523. The zero-order chi connectivity index (χ0) is 12.3. The first-order valence-electron chi connectivity index (χ1n) is 4.93. The van der Waals surface area contributed by atoms with Crippen LogP contribution in [0.3, 0.4) is 0 Å². The maximum atomic E-state index is 12.7. The summed E-state index contributed by atoms with van der Waals surface area (Å²) in [7, 11) is 0. The van der Waals surface area contributed by atoms with Gasteiger partial charge in [-0.05, 0) is 30.3 Å². The molecule has 0 aliphatic rings. The Morgan fingerprint density at radius 1 is 1.12 bits per heavy atom. The number of benzene rings is 1. The molecule has 1 aromatic carbocycles. The van der Waals surface area contributed by atoms with Crippen LogP contribution in [0.5, 0.6) is 5.88 Å². The van der Waals surface area contributed by atoms with Crippen LogP contribution in [0, 0.1) is 5.82 Å². The van der Waals surface area contributed by atoms with Gasteiger partial charge in [0.05, 0.1) is 5.69 Å². The standard InChI is InChI=1S/C12H9FN2O2/c1-8(16)17-12-7-6-11(14-15-12)9-2-4-10(13)5-3-9/h2-7H,1H3. The summed E-state index contributed by atoms with van der Waals surface area (Å²) in [4.78, 5) is 10.7. The summed E-state index contributed by atoms with van der Waals surface area (Å²) in [5.74, 6) is -0.615. The molecule has 0 fully saturated rings. The van der Waals surface area contributed by atoms with Gasteiger partial charge < -0.3 is 4.74 Å². The molecule has 2 aromatic rings. The van der Waals surface area contributed by atoms with E-state index in [2.05, 4.69) is 10.2 Å². The van der Waals surface area contributed by atoms with E-state index in [-0.39, 0.29) is 11.7 Å². The number of esters is 1. The van der Waals surface area contributed by atoms with Gasteiger partial charge in [0.2, 0.25) is 5.88 Å². The Morgan fingerprint density at radius 3 is 2.35 bits per heavy atom. The minimum Gasteiger partial charge on any atom is -0.406 e. The van der Waals surface area contributed by atoms with Crippen LogP contribution < -0.4 is 4.74 Å². The third kappa shape index (κ3) is 2.84. The monoisotopic (exact) mass is 232 g/mol. The minimum absolute atomic E-state index is 0.142. The number of halogens is 1. The van der Waals surface area contributed by atoms with Gasteiger partial charge in [0.15, 0.2) is 0 Å². The summed E-state index contributed by atoms with van der Waals surface area (Å²) in [5.41, 5.74) is 1.33. The first-order chi connectivity index (χ1) is 8.15. The maximum absolute atomic E-state index is 12.7. The SMILES string of the molecule is CC(=O)Oc1ccc(-c2ccc(F)cc2)nn1. The molecule has 0 aliphatic carbocycles. The van der Waals surface area contributed by atoms with Crippen molar-refractivity contribution in [3.8, 4) is 17.1 Å². The second kappa shape index (κ2) is 4.69. The Balaban J connectivity index is 2.23. The van der Waals surface area contributed by atoms with Gasteiger partial charge in [-0.3, -0.25) is 4.79 Å². The van der Waals surface area contributed by atoms with Gasteiger partial charge >= 0.3 is 5.97 Å². The molecule has 0 radical (unpaired) electrons. The van der Waals surface area contributed by atoms with E-state index in [1.54, 1.807) is 18.2 Å². The van der Waals surface area contributed by atoms with Crippen LogP contribution in [0.2, 0.25) is 0 Å². The summed E-state index contributed by atoms with van der Waals surface area (Å²) in [6, 6.07) is 9.08. The van der Waals surface area contributed by atoms with E-state index in [1.807, 2.05) is 0 Å². The van der Waals surface area contributed by atoms with Gasteiger partial charge in [0.1, 0.15) is 5.82 Å². The topological polar surface area (TPSA) is 52.1 Å². The predicted molar refractivity (Wildman–Crippen MR) is 58.7 cm³/mol. The lowest BCUT2D eigenvalue weighted by Gasteiger charge is -2.01. The summed E-state index contributed by atoms with van der Waals surface area (Å²) < 4.78 is 17.5.